The second kappa shape index (κ2) is 8.27. The fourth-order valence-electron chi connectivity index (χ4n) is 5.23. The van der Waals surface area contributed by atoms with E-state index >= 15 is 0 Å². The number of hydrogen-bond acceptors (Lipinski definition) is 3. The van der Waals surface area contributed by atoms with Crippen LogP contribution in [0.2, 0.25) is 0 Å². The van der Waals surface area contributed by atoms with Crippen LogP contribution in [0.3, 0.4) is 0 Å². The average molecular weight is 447 g/mol. The molecule has 164 valence electrons. The molecule has 6 rings (SSSR count). The molecule has 0 radical (unpaired) electrons. The predicted octanol–water partition coefficient (Wildman–Crippen LogP) is 6.21. The van der Waals surface area contributed by atoms with Gasteiger partial charge in [0.25, 0.3) is 0 Å². The Balaban J connectivity index is 0.00000216. The van der Waals surface area contributed by atoms with Gasteiger partial charge in [0.1, 0.15) is 0 Å². The SMILES string of the molecule is CC1CCN(CCn2c3c4ccccc4ccc3c3oc(=O)c4ccccc4c32)CC1.Cl. The molecule has 3 aromatic carbocycles. The first-order valence-corrected chi connectivity index (χ1v) is 11.3. The molecule has 5 heteroatoms. The Labute approximate surface area is 192 Å². The van der Waals surface area contributed by atoms with E-state index in [-0.39, 0.29) is 18.0 Å². The van der Waals surface area contributed by atoms with Crippen LogP contribution in [0.15, 0.2) is 69.9 Å². The van der Waals surface area contributed by atoms with E-state index in [1.807, 2.05) is 18.2 Å². The quantitative estimate of drug-likeness (QED) is 0.331. The molecule has 2 aromatic heterocycles. The monoisotopic (exact) mass is 446 g/mol. The molecule has 32 heavy (non-hydrogen) atoms. The second-order valence-corrected chi connectivity index (χ2v) is 8.97. The average Bonchev–Trinajstić information content (AvgIpc) is 3.13. The third-order valence-electron chi connectivity index (χ3n) is 7.01. The van der Waals surface area contributed by atoms with Crippen molar-refractivity contribution in [2.45, 2.75) is 26.3 Å². The third kappa shape index (κ3) is 3.30. The number of hydrogen-bond donors (Lipinski definition) is 0. The lowest BCUT2D eigenvalue weighted by molar-refractivity contribution is 0.188. The summed E-state index contributed by atoms with van der Waals surface area (Å²) in [5.74, 6) is 0.826. The van der Waals surface area contributed by atoms with Crippen LogP contribution in [0, 0.1) is 5.92 Å². The van der Waals surface area contributed by atoms with Gasteiger partial charge < -0.3 is 13.9 Å². The van der Waals surface area contributed by atoms with Crippen molar-refractivity contribution in [2.24, 2.45) is 5.92 Å². The molecular weight excluding hydrogens is 420 g/mol. The van der Waals surface area contributed by atoms with Gasteiger partial charge in [-0.05, 0) is 49.4 Å². The molecule has 1 saturated heterocycles. The van der Waals surface area contributed by atoms with Crippen molar-refractivity contribution in [1.29, 1.82) is 0 Å². The van der Waals surface area contributed by atoms with Crippen LogP contribution in [-0.4, -0.2) is 29.1 Å². The zero-order valence-corrected chi connectivity index (χ0v) is 19.0. The Hall–Kier alpha value is -2.82. The number of aromatic nitrogens is 1. The van der Waals surface area contributed by atoms with E-state index in [0.29, 0.717) is 11.0 Å². The van der Waals surface area contributed by atoms with Gasteiger partial charge >= 0.3 is 5.63 Å². The van der Waals surface area contributed by atoms with E-state index in [0.717, 1.165) is 53.9 Å². The van der Waals surface area contributed by atoms with Crippen LogP contribution in [0.4, 0.5) is 0 Å². The summed E-state index contributed by atoms with van der Waals surface area (Å²) in [6.07, 6.45) is 2.54. The Morgan fingerprint density at radius 2 is 1.50 bits per heavy atom. The van der Waals surface area contributed by atoms with Crippen molar-refractivity contribution in [3.05, 3.63) is 71.1 Å². The summed E-state index contributed by atoms with van der Waals surface area (Å²) in [7, 11) is 0. The van der Waals surface area contributed by atoms with Crippen molar-refractivity contribution >= 4 is 56.0 Å². The van der Waals surface area contributed by atoms with Crippen molar-refractivity contribution < 1.29 is 4.42 Å². The van der Waals surface area contributed by atoms with Gasteiger partial charge in [0.2, 0.25) is 0 Å². The maximum atomic E-state index is 12.8. The zero-order valence-electron chi connectivity index (χ0n) is 18.2. The van der Waals surface area contributed by atoms with Gasteiger partial charge in [0.05, 0.1) is 16.4 Å². The molecule has 0 bridgehead atoms. The predicted molar refractivity (Wildman–Crippen MR) is 135 cm³/mol. The van der Waals surface area contributed by atoms with Crippen molar-refractivity contribution in [1.82, 2.24) is 9.47 Å². The maximum absolute atomic E-state index is 12.8. The Bertz CT molecular complexity index is 1490. The molecule has 0 atom stereocenters. The molecular formula is C27H27ClN2O2. The van der Waals surface area contributed by atoms with E-state index in [4.69, 9.17) is 4.42 Å². The smallest absolute Gasteiger partial charge is 0.344 e. The third-order valence-corrected chi connectivity index (χ3v) is 7.01. The van der Waals surface area contributed by atoms with Crippen molar-refractivity contribution in [3.63, 3.8) is 0 Å². The topological polar surface area (TPSA) is 38.4 Å². The number of likely N-dealkylation sites (tertiary alicyclic amines) is 1. The van der Waals surface area contributed by atoms with Crippen LogP contribution >= 0.6 is 12.4 Å². The normalized spacial score (nSPS) is 15.7. The zero-order chi connectivity index (χ0) is 20.9. The number of nitrogens with zero attached hydrogens (tertiary/aromatic N) is 2. The van der Waals surface area contributed by atoms with Gasteiger partial charge in [-0.2, -0.15) is 0 Å². The van der Waals surface area contributed by atoms with E-state index in [2.05, 4.69) is 58.9 Å². The van der Waals surface area contributed by atoms with Crippen LogP contribution in [0.25, 0.3) is 43.5 Å². The van der Waals surface area contributed by atoms with E-state index in [9.17, 15) is 4.79 Å². The molecule has 4 nitrogen and oxygen atoms in total. The summed E-state index contributed by atoms with van der Waals surface area (Å²) in [6.45, 7) is 6.55. The molecule has 3 heterocycles. The van der Waals surface area contributed by atoms with Gasteiger partial charge in [-0.25, -0.2) is 4.79 Å². The standard InChI is InChI=1S/C27H26N2O2.ClH/c1-18-12-14-28(15-13-18)16-17-29-24-20-7-3-2-6-19(20)10-11-23(24)26-25(29)21-8-4-5-9-22(21)27(30)31-26;/h2-11,18H,12-17H2,1H3;1H. The molecule has 0 amide bonds. The minimum atomic E-state index is -0.264. The second-order valence-electron chi connectivity index (χ2n) is 8.97. The highest BCUT2D eigenvalue weighted by Gasteiger charge is 2.21. The lowest BCUT2D eigenvalue weighted by atomic mass is 9.99. The molecule has 0 N–H and O–H groups in total. The van der Waals surface area contributed by atoms with E-state index in [1.165, 1.54) is 23.6 Å². The summed E-state index contributed by atoms with van der Waals surface area (Å²) in [5, 5.41) is 5.05. The number of benzene rings is 3. The molecule has 1 aliphatic heterocycles. The number of halogens is 1. The summed E-state index contributed by atoms with van der Waals surface area (Å²) in [5.41, 5.74) is 2.64. The maximum Gasteiger partial charge on any atom is 0.344 e. The number of fused-ring (bicyclic) bond motifs is 7. The van der Waals surface area contributed by atoms with Crippen LogP contribution in [0.5, 0.6) is 0 Å². The minimum absolute atomic E-state index is 0. The fraction of sp³-hybridized carbons (Fsp3) is 0.296. The first-order valence-electron chi connectivity index (χ1n) is 11.3. The number of piperidine rings is 1. The summed E-state index contributed by atoms with van der Waals surface area (Å²) in [4.78, 5) is 15.3. The lowest BCUT2D eigenvalue weighted by Crippen LogP contribution is -2.35. The van der Waals surface area contributed by atoms with E-state index in [1.54, 1.807) is 0 Å². The van der Waals surface area contributed by atoms with Crippen LogP contribution < -0.4 is 5.63 Å². The van der Waals surface area contributed by atoms with Gasteiger partial charge in [-0.1, -0.05) is 55.5 Å². The Morgan fingerprint density at radius 1 is 0.812 bits per heavy atom. The molecule has 1 aliphatic rings. The Morgan fingerprint density at radius 3 is 2.28 bits per heavy atom. The molecule has 0 unspecified atom stereocenters. The minimum Gasteiger partial charge on any atom is -0.420 e. The molecule has 1 fully saturated rings. The Kier molecular flexibility index (Phi) is 5.44. The largest absolute Gasteiger partial charge is 0.420 e. The summed E-state index contributed by atoms with van der Waals surface area (Å²) >= 11 is 0. The molecule has 0 saturated carbocycles. The van der Waals surface area contributed by atoms with Gasteiger partial charge in [-0.3, -0.25) is 0 Å². The molecule has 5 aromatic rings. The van der Waals surface area contributed by atoms with Crippen molar-refractivity contribution in [2.75, 3.05) is 19.6 Å². The molecule has 0 spiro atoms. The molecule has 0 aliphatic carbocycles. The van der Waals surface area contributed by atoms with Crippen molar-refractivity contribution in [3.8, 4) is 0 Å². The first-order chi connectivity index (χ1) is 15.2. The fourth-order valence-corrected chi connectivity index (χ4v) is 5.23. The van der Waals surface area contributed by atoms with Gasteiger partial charge in [0, 0.05) is 29.2 Å². The highest BCUT2D eigenvalue weighted by molar-refractivity contribution is 6.20. The van der Waals surface area contributed by atoms with Gasteiger partial charge in [-0.15, -0.1) is 12.4 Å². The summed E-state index contributed by atoms with van der Waals surface area (Å²) < 4.78 is 8.33. The lowest BCUT2D eigenvalue weighted by Gasteiger charge is -2.30. The first kappa shape index (κ1) is 21.0. The van der Waals surface area contributed by atoms with E-state index < -0.39 is 0 Å². The number of rotatable bonds is 3. The van der Waals surface area contributed by atoms with Gasteiger partial charge in [0.15, 0.2) is 5.58 Å². The highest BCUT2D eigenvalue weighted by Crippen LogP contribution is 2.36. The van der Waals surface area contributed by atoms with Crippen LogP contribution in [-0.2, 0) is 6.54 Å². The summed E-state index contributed by atoms with van der Waals surface area (Å²) in [6, 6.07) is 20.6. The highest BCUT2D eigenvalue weighted by atomic mass is 35.5. The van der Waals surface area contributed by atoms with Crippen LogP contribution in [0.1, 0.15) is 19.8 Å².